The van der Waals surface area contributed by atoms with Crippen molar-refractivity contribution < 1.29 is 18.8 Å². The van der Waals surface area contributed by atoms with Gasteiger partial charge < -0.3 is 14.6 Å². The predicted molar refractivity (Wildman–Crippen MR) is 107 cm³/mol. The monoisotopic (exact) mass is 418 g/mol. The van der Waals surface area contributed by atoms with Crippen LogP contribution in [-0.2, 0) is 20.1 Å². The minimum atomic E-state index is -0.480. The van der Waals surface area contributed by atoms with Crippen LogP contribution in [0.2, 0.25) is 0 Å². The first-order chi connectivity index (χ1) is 13.5. The van der Waals surface area contributed by atoms with Gasteiger partial charge in [-0.3, -0.25) is 9.59 Å². The molecule has 0 radical (unpaired) electrons. The summed E-state index contributed by atoms with van der Waals surface area (Å²) in [6.07, 6.45) is 0. The molecule has 3 aromatic rings. The second-order valence-corrected chi connectivity index (χ2v) is 7.81. The number of thiazole rings is 1. The molecule has 1 N–H and O–H groups in total. The molecule has 10 heteroatoms. The van der Waals surface area contributed by atoms with Gasteiger partial charge in [-0.25, -0.2) is 4.98 Å². The van der Waals surface area contributed by atoms with Gasteiger partial charge in [0, 0.05) is 23.6 Å². The van der Waals surface area contributed by atoms with Crippen molar-refractivity contribution in [3.8, 4) is 11.3 Å². The lowest BCUT2D eigenvalue weighted by Crippen LogP contribution is -2.21. The maximum Gasteiger partial charge on any atom is 0.316 e. The van der Waals surface area contributed by atoms with E-state index in [0.29, 0.717) is 23.2 Å². The SMILES string of the molecule is Cc1nc(CSCC(=O)OCC(=O)Nc2cccc(-c3csc(C)n3)c2)no1. The Labute approximate surface area is 169 Å². The summed E-state index contributed by atoms with van der Waals surface area (Å²) < 4.78 is 9.84. The van der Waals surface area contributed by atoms with Crippen molar-refractivity contribution in [2.75, 3.05) is 17.7 Å². The number of esters is 1. The average molecular weight is 419 g/mol. The third kappa shape index (κ3) is 5.89. The zero-order chi connectivity index (χ0) is 19.9. The van der Waals surface area contributed by atoms with E-state index in [9.17, 15) is 9.59 Å². The van der Waals surface area contributed by atoms with Crippen LogP contribution in [0.1, 0.15) is 16.7 Å². The number of nitrogens with one attached hydrogen (secondary N) is 1. The lowest BCUT2D eigenvalue weighted by molar-refractivity contribution is -0.144. The van der Waals surface area contributed by atoms with E-state index in [-0.39, 0.29) is 12.4 Å². The van der Waals surface area contributed by atoms with Crippen LogP contribution < -0.4 is 5.32 Å². The number of benzene rings is 1. The van der Waals surface area contributed by atoms with Crippen LogP contribution in [0.4, 0.5) is 5.69 Å². The largest absolute Gasteiger partial charge is 0.455 e. The van der Waals surface area contributed by atoms with Crippen LogP contribution in [-0.4, -0.2) is 39.4 Å². The summed E-state index contributed by atoms with van der Waals surface area (Å²) in [7, 11) is 0. The van der Waals surface area contributed by atoms with E-state index in [1.165, 1.54) is 11.8 Å². The van der Waals surface area contributed by atoms with Gasteiger partial charge in [-0.15, -0.1) is 23.1 Å². The molecule has 0 fully saturated rings. The van der Waals surface area contributed by atoms with Gasteiger partial charge in [0.2, 0.25) is 5.89 Å². The minimum absolute atomic E-state index is 0.0968. The molecule has 2 aromatic heterocycles. The molecule has 0 bridgehead atoms. The van der Waals surface area contributed by atoms with Gasteiger partial charge in [-0.1, -0.05) is 17.3 Å². The smallest absolute Gasteiger partial charge is 0.316 e. The lowest BCUT2D eigenvalue weighted by Gasteiger charge is -2.07. The Bertz CT molecular complexity index is 970. The zero-order valence-electron chi connectivity index (χ0n) is 15.3. The molecule has 0 aliphatic heterocycles. The molecule has 146 valence electrons. The Balaban J connectivity index is 1.42. The van der Waals surface area contributed by atoms with Crippen molar-refractivity contribution >= 4 is 40.7 Å². The number of carbonyl (C=O) groups excluding carboxylic acids is 2. The Morgan fingerprint density at radius 3 is 2.86 bits per heavy atom. The lowest BCUT2D eigenvalue weighted by atomic mass is 10.1. The van der Waals surface area contributed by atoms with E-state index in [1.54, 1.807) is 24.3 Å². The molecule has 0 saturated heterocycles. The second-order valence-electron chi connectivity index (χ2n) is 5.76. The second kappa shape index (κ2) is 9.47. The van der Waals surface area contributed by atoms with E-state index in [4.69, 9.17) is 9.26 Å². The topological polar surface area (TPSA) is 107 Å². The molecule has 0 spiro atoms. The zero-order valence-corrected chi connectivity index (χ0v) is 16.9. The predicted octanol–water partition coefficient (Wildman–Crippen LogP) is 3.23. The van der Waals surface area contributed by atoms with Gasteiger partial charge in [0.15, 0.2) is 12.4 Å². The number of rotatable bonds is 8. The Morgan fingerprint density at radius 1 is 1.29 bits per heavy atom. The summed E-state index contributed by atoms with van der Waals surface area (Å²) in [5.41, 5.74) is 2.39. The number of carbonyl (C=O) groups is 2. The van der Waals surface area contributed by atoms with Gasteiger partial charge in [0.05, 0.1) is 22.2 Å². The molecule has 2 heterocycles. The summed E-state index contributed by atoms with van der Waals surface area (Å²) in [4.78, 5) is 32.2. The Hall–Kier alpha value is -2.72. The van der Waals surface area contributed by atoms with Crippen molar-refractivity contribution in [3.05, 3.63) is 46.4 Å². The molecule has 0 unspecified atom stereocenters. The summed E-state index contributed by atoms with van der Waals surface area (Å²) in [5, 5.41) is 9.40. The molecule has 0 atom stereocenters. The number of hydrogen-bond donors (Lipinski definition) is 1. The van der Waals surface area contributed by atoms with E-state index < -0.39 is 11.9 Å². The Kier molecular flexibility index (Phi) is 6.77. The maximum absolute atomic E-state index is 12.0. The fourth-order valence-corrected chi connectivity index (χ4v) is 3.54. The van der Waals surface area contributed by atoms with Crippen molar-refractivity contribution in [1.82, 2.24) is 15.1 Å². The van der Waals surface area contributed by atoms with Crippen LogP contribution in [0.15, 0.2) is 34.2 Å². The molecule has 0 aliphatic rings. The molecule has 0 saturated carbocycles. The summed E-state index contributed by atoms with van der Waals surface area (Å²) in [6.45, 7) is 3.29. The molecule has 0 aliphatic carbocycles. The fourth-order valence-electron chi connectivity index (χ4n) is 2.26. The van der Waals surface area contributed by atoms with Crippen molar-refractivity contribution in [2.45, 2.75) is 19.6 Å². The number of aromatic nitrogens is 3. The van der Waals surface area contributed by atoms with Crippen LogP contribution in [0.5, 0.6) is 0 Å². The van der Waals surface area contributed by atoms with Crippen molar-refractivity contribution in [1.29, 1.82) is 0 Å². The highest BCUT2D eigenvalue weighted by atomic mass is 32.2. The van der Waals surface area contributed by atoms with Crippen LogP contribution in [0.3, 0.4) is 0 Å². The van der Waals surface area contributed by atoms with Gasteiger partial charge in [0.1, 0.15) is 0 Å². The Morgan fingerprint density at radius 2 is 2.14 bits per heavy atom. The molecule has 28 heavy (non-hydrogen) atoms. The number of aryl methyl sites for hydroxylation is 2. The average Bonchev–Trinajstić information content (AvgIpc) is 3.28. The van der Waals surface area contributed by atoms with Crippen LogP contribution in [0, 0.1) is 13.8 Å². The van der Waals surface area contributed by atoms with Gasteiger partial charge in [-0.2, -0.15) is 4.98 Å². The quantitative estimate of drug-likeness (QED) is 0.556. The van der Waals surface area contributed by atoms with Gasteiger partial charge in [-0.05, 0) is 19.1 Å². The number of thioether (sulfide) groups is 1. The highest BCUT2D eigenvalue weighted by Gasteiger charge is 2.10. The number of ether oxygens (including phenoxy) is 1. The minimum Gasteiger partial charge on any atom is -0.455 e. The first kappa shape index (κ1) is 20.0. The first-order valence-corrected chi connectivity index (χ1v) is 10.4. The van der Waals surface area contributed by atoms with Crippen LogP contribution >= 0.6 is 23.1 Å². The molecule has 1 amide bonds. The first-order valence-electron chi connectivity index (χ1n) is 8.34. The van der Waals surface area contributed by atoms with Crippen molar-refractivity contribution in [2.24, 2.45) is 0 Å². The van der Waals surface area contributed by atoms with Crippen molar-refractivity contribution in [3.63, 3.8) is 0 Å². The van der Waals surface area contributed by atoms with E-state index in [2.05, 4.69) is 20.4 Å². The third-order valence-corrected chi connectivity index (χ3v) is 5.12. The maximum atomic E-state index is 12.0. The van der Waals surface area contributed by atoms with E-state index >= 15 is 0 Å². The number of amides is 1. The number of anilines is 1. The molecule has 8 nitrogen and oxygen atoms in total. The third-order valence-electron chi connectivity index (χ3n) is 3.45. The highest BCUT2D eigenvalue weighted by molar-refractivity contribution is 7.99. The standard InChI is InChI=1S/C18H18N4O4S2/c1-11-19-16(22-26-11)9-27-10-18(24)25-7-17(23)21-14-5-3-4-13(6-14)15-8-28-12(2)20-15/h3-6,8H,7,9-10H2,1-2H3,(H,21,23). The van der Waals surface area contributed by atoms with Crippen LogP contribution in [0.25, 0.3) is 11.3 Å². The van der Waals surface area contributed by atoms with E-state index in [0.717, 1.165) is 16.3 Å². The normalized spacial score (nSPS) is 10.6. The molecule has 3 rings (SSSR count). The van der Waals surface area contributed by atoms with Gasteiger partial charge >= 0.3 is 5.97 Å². The number of hydrogen-bond acceptors (Lipinski definition) is 9. The summed E-state index contributed by atoms with van der Waals surface area (Å²) >= 11 is 2.85. The summed E-state index contributed by atoms with van der Waals surface area (Å²) in [5.74, 6) is 0.638. The fraction of sp³-hybridized carbons (Fsp3) is 0.278. The highest BCUT2D eigenvalue weighted by Crippen LogP contribution is 2.24. The van der Waals surface area contributed by atoms with E-state index in [1.807, 2.05) is 30.5 Å². The number of nitrogens with zero attached hydrogens (tertiary/aromatic N) is 3. The molecule has 1 aromatic carbocycles. The van der Waals surface area contributed by atoms with Gasteiger partial charge in [0.25, 0.3) is 5.91 Å². The molecular weight excluding hydrogens is 400 g/mol. The molecular formula is C18H18N4O4S2. The summed E-state index contributed by atoms with van der Waals surface area (Å²) in [6, 6.07) is 7.36.